The zero-order valence-electron chi connectivity index (χ0n) is 18.7. The number of nitrogens with one attached hydrogen (secondary N) is 3. The van der Waals surface area contributed by atoms with Crippen LogP contribution < -0.4 is 10.8 Å². The Morgan fingerprint density at radius 2 is 1.85 bits per heavy atom. The maximum absolute atomic E-state index is 13.2. The minimum atomic E-state index is -0.321. The van der Waals surface area contributed by atoms with Gasteiger partial charge in [0.1, 0.15) is 10.6 Å². The summed E-state index contributed by atoms with van der Waals surface area (Å²) >= 11 is 5.79. The van der Waals surface area contributed by atoms with Gasteiger partial charge < -0.3 is 10.2 Å². The van der Waals surface area contributed by atoms with Gasteiger partial charge in [0, 0.05) is 36.7 Å². The minimum Gasteiger partial charge on any atom is -0.339 e. The van der Waals surface area contributed by atoms with Crippen molar-refractivity contribution in [3.63, 3.8) is 0 Å². The molecule has 3 heterocycles. The normalized spacial score (nSPS) is 14.0. The van der Waals surface area contributed by atoms with Crippen molar-refractivity contribution in [3.8, 4) is 0 Å². The van der Waals surface area contributed by atoms with Crippen LogP contribution in [0.3, 0.4) is 0 Å². The molecule has 1 aromatic carbocycles. The number of carbonyl (C=O) groups is 2. The summed E-state index contributed by atoms with van der Waals surface area (Å²) in [7, 11) is 0. The Hall–Kier alpha value is -3.78. The van der Waals surface area contributed by atoms with Crippen LogP contribution in [0, 0.1) is 17.7 Å². The van der Waals surface area contributed by atoms with Crippen LogP contribution in [-0.2, 0) is 0 Å². The third-order valence-electron chi connectivity index (χ3n) is 6.11. The predicted octanol–water partition coefficient (Wildman–Crippen LogP) is 4.05. The Balaban J connectivity index is 1.43. The molecule has 0 unspecified atom stereocenters. The lowest BCUT2D eigenvalue weighted by Crippen LogP contribution is -2.38. The topological polar surface area (TPSA) is 115 Å². The molecule has 3 N–H and O–H groups in total. The van der Waals surface area contributed by atoms with Crippen molar-refractivity contribution in [1.82, 2.24) is 14.5 Å². The van der Waals surface area contributed by atoms with E-state index in [1.54, 1.807) is 30.3 Å². The number of benzene rings is 1. The average molecular weight is 477 g/mol. The van der Waals surface area contributed by atoms with E-state index in [9.17, 15) is 9.59 Å². The van der Waals surface area contributed by atoms with E-state index < -0.39 is 0 Å². The van der Waals surface area contributed by atoms with Gasteiger partial charge in [-0.25, -0.2) is 4.98 Å². The first-order valence-electron chi connectivity index (χ1n) is 11.0. The van der Waals surface area contributed by atoms with Crippen molar-refractivity contribution in [1.29, 1.82) is 10.8 Å². The average Bonchev–Trinajstić information content (AvgIpc) is 2.85. The van der Waals surface area contributed by atoms with Gasteiger partial charge in [-0.2, -0.15) is 0 Å². The van der Waals surface area contributed by atoms with Gasteiger partial charge in [0.25, 0.3) is 11.8 Å². The van der Waals surface area contributed by atoms with Crippen LogP contribution in [-0.4, -0.2) is 45.7 Å². The monoisotopic (exact) mass is 476 g/mol. The second-order valence-electron chi connectivity index (χ2n) is 8.30. The van der Waals surface area contributed by atoms with Crippen molar-refractivity contribution >= 4 is 35.4 Å². The zero-order valence-corrected chi connectivity index (χ0v) is 19.5. The molecule has 0 saturated carbocycles. The van der Waals surface area contributed by atoms with Gasteiger partial charge in [-0.3, -0.25) is 25.0 Å². The van der Waals surface area contributed by atoms with Gasteiger partial charge in [0.15, 0.2) is 0 Å². The number of piperidine rings is 1. The number of hydrogen-bond donors (Lipinski definition) is 3. The van der Waals surface area contributed by atoms with Crippen LogP contribution in [0.25, 0.3) is 0 Å². The third kappa shape index (κ3) is 5.07. The molecule has 1 aliphatic rings. The molecule has 8 nitrogen and oxygen atoms in total. The Kier molecular flexibility index (Phi) is 6.88. The fourth-order valence-corrected chi connectivity index (χ4v) is 4.19. The number of pyridine rings is 2. The second-order valence-corrected chi connectivity index (χ2v) is 8.69. The number of amides is 2. The summed E-state index contributed by atoms with van der Waals surface area (Å²) in [6.45, 7) is 3.10. The summed E-state index contributed by atoms with van der Waals surface area (Å²) in [6, 6.07) is 12.1. The van der Waals surface area contributed by atoms with Crippen molar-refractivity contribution in [2.75, 3.05) is 18.4 Å². The van der Waals surface area contributed by atoms with E-state index in [1.807, 2.05) is 30.2 Å². The quantitative estimate of drug-likeness (QED) is 0.293. The molecule has 34 heavy (non-hydrogen) atoms. The number of anilines is 1. The lowest BCUT2D eigenvalue weighted by atomic mass is 9.90. The Morgan fingerprint density at radius 3 is 2.53 bits per heavy atom. The summed E-state index contributed by atoms with van der Waals surface area (Å²) in [5.41, 5.74) is 3.67. The number of halogens is 1. The molecule has 3 aromatic rings. The predicted molar refractivity (Wildman–Crippen MR) is 131 cm³/mol. The molecule has 1 aliphatic heterocycles. The van der Waals surface area contributed by atoms with E-state index in [4.69, 9.17) is 22.4 Å². The first-order chi connectivity index (χ1) is 16.4. The fraction of sp³-hybridized carbons (Fsp3) is 0.240. The Bertz CT molecular complexity index is 1290. The van der Waals surface area contributed by atoms with E-state index >= 15 is 0 Å². The molecular formula is C25H25ClN6O2. The Labute approximate surface area is 202 Å². The SMILES string of the molecule is Cc1ccc(C(=O)N2CCC(c3ccc(=N)n(C=N)c3)CC2)cc1NC(=O)c1ccc(Cl)nc1. The maximum atomic E-state index is 13.2. The van der Waals surface area contributed by atoms with Crippen molar-refractivity contribution in [2.24, 2.45) is 0 Å². The van der Waals surface area contributed by atoms with Crippen LogP contribution >= 0.6 is 11.6 Å². The molecule has 2 aromatic heterocycles. The summed E-state index contributed by atoms with van der Waals surface area (Å²) < 4.78 is 1.48. The van der Waals surface area contributed by atoms with E-state index in [0.29, 0.717) is 35.1 Å². The summed E-state index contributed by atoms with van der Waals surface area (Å²) in [5, 5.41) is 18.4. The molecule has 2 amide bonds. The minimum absolute atomic E-state index is 0.0711. The molecule has 174 valence electrons. The highest BCUT2D eigenvalue weighted by Crippen LogP contribution is 2.28. The van der Waals surface area contributed by atoms with Crippen LogP contribution in [0.4, 0.5) is 5.69 Å². The number of carbonyl (C=O) groups excluding carboxylic acids is 2. The molecule has 0 atom stereocenters. The molecule has 0 bridgehead atoms. The standard InChI is InChI=1S/C25H25ClN6O2/c1-16-2-3-18(12-21(16)30-24(33)19-4-6-22(26)29-13-19)25(34)31-10-8-17(9-11-31)20-5-7-23(28)32(14-20)15-27/h2-7,12-15,17,27-28H,8-11H2,1H3,(H,30,33). The van der Waals surface area contributed by atoms with E-state index in [0.717, 1.165) is 30.3 Å². The van der Waals surface area contributed by atoms with Crippen molar-refractivity contribution < 1.29 is 9.59 Å². The van der Waals surface area contributed by atoms with Gasteiger partial charge in [-0.15, -0.1) is 0 Å². The van der Waals surface area contributed by atoms with E-state index in [2.05, 4.69) is 10.3 Å². The lowest BCUT2D eigenvalue weighted by Gasteiger charge is -2.32. The van der Waals surface area contributed by atoms with Gasteiger partial charge in [-0.05, 0) is 67.1 Å². The number of likely N-dealkylation sites (tertiary alicyclic amines) is 1. The fourth-order valence-electron chi connectivity index (χ4n) is 4.08. The lowest BCUT2D eigenvalue weighted by molar-refractivity contribution is 0.0712. The van der Waals surface area contributed by atoms with E-state index in [1.165, 1.54) is 10.8 Å². The molecule has 0 spiro atoms. The van der Waals surface area contributed by atoms with Gasteiger partial charge in [-0.1, -0.05) is 23.7 Å². The maximum Gasteiger partial charge on any atom is 0.257 e. The van der Waals surface area contributed by atoms with E-state index in [-0.39, 0.29) is 23.2 Å². The van der Waals surface area contributed by atoms with Gasteiger partial charge in [0.2, 0.25) is 0 Å². The van der Waals surface area contributed by atoms with Crippen molar-refractivity contribution in [3.05, 3.63) is 87.8 Å². The Morgan fingerprint density at radius 1 is 1.12 bits per heavy atom. The summed E-state index contributed by atoms with van der Waals surface area (Å²) in [5.74, 6) is -0.117. The number of hydrogen-bond acceptors (Lipinski definition) is 5. The van der Waals surface area contributed by atoms with Gasteiger partial charge >= 0.3 is 0 Å². The second kappa shape index (κ2) is 10.0. The zero-order chi connectivity index (χ0) is 24.2. The van der Waals surface area contributed by atoms with Gasteiger partial charge in [0.05, 0.1) is 11.9 Å². The smallest absolute Gasteiger partial charge is 0.257 e. The molecule has 4 rings (SSSR count). The van der Waals surface area contributed by atoms with Crippen LogP contribution in [0.5, 0.6) is 0 Å². The summed E-state index contributed by atoms with van der Waals surface area (Å²) in [4.78, 5) is 31.5. The largest absolute Gasteiger partial charge is 0.339 e. The number of aromatic nitrogens is 2. The summed E-state index contributed by atoms with van der Waals surface area (Å²) in [6.07, 6.45) is 5.97. The molecule has 0 radical (unpaired) electrons. The highest BCUT2D eigenvalue weighted by Gasteiger charge is 2.25. The number of aryl methyl sites for hydroxylation is 1. The molecule has 0 aliphatic carbocycles. The van der Waals surface area contributed by atoms with Crippen LogP contribution in [0.2, 0.25) is 5.15 Å². The number of rotatable bonds is 5. The van der Waals surface area contributed by atoms with Crippen molar-refractivity contribution in [2.45, 2.75) is 25.7 Å². The first kappa shape index (κ1) is 23.4. The van der Waals surface area contributed by atoms with Crippen LogP contribution in [0.15, 0.2) is 54.9 Å². The van der Waals surface area contributed by atoms with Crippen LogP contribution in [0.1, 0.15) is 50.6 Å². The molecular weight excluding hydrogens is 452 g/mol. The first-order valence-corrected chi connectivity index (χ1v) is 11.3. The highest BCUT2D eigenvalue weighted by atomic mass is 35.5. The highest BCUT2D eigenvalue weighted by molar-refractivity contribution is 6.29. The molecule has 1 fully saturated rings. The molecule has 9 heteroatoms. The molecule has 1 saturated heterocycles. The third-order valence-corrected chi connectivity index (χ3v) is 6.34. The number of nitrogens with zero attached hydrogens (tertiary/aromatic N) is 3.